The highest BCUT2D eigenvalue weighted by Gasteiger charge is 2.25. The first-order valence-electron chi connectivity index (χ1n) is 10.2. The van der Waals surface area contributed by atoms with Crippen LogP contribution in [0.25, 0.3) is 0 Å². The summed E-state index contributed by atoms with van der Waals surface area (Å²) < 4.78 is 10.7. The number of rotatable bonds is 11. The number of aliphatic carboxylic acids is 1. The fourth-order valence-corrected chi connectivity index (χ4v) is 2.99. The van der Waals surface area contributed by atoms with E-state index in [2.05, 4.69) is 15.8 Å². The molecule has 0 aliphatic heterocycles. The smallest absolute Gasteiger partial charge is 0.341 e. The number of benzene rings is 2. The van der Waals surface area contributed by atoms with E-state index >= 15 is 0 Å². The highest BCUT2D eigenvalue weighted by molar-refractivity contribution is 6.33. The molecular formula is C23H26ClN3O6. The molecule has 0 aliphatic carbocycles. The molecule has 2 aromatic carbocycles. The molecule has 2 rings (SSSR count). The standard InChI is InChI=1S/C23H26ClN3O6/c1-4-32-19-11-15(9-10-18(19)33-13-20(28)29)12-25-27-23(31)21(14(2)3)26-22(30)16-7-5-6-8-17(16)24/h5-12,14,21H,4,13H2,1-3H3,(H,26,30)(H,27,31)(H,28,29)/b25-12+. The van der Waals surface area contributed by atoms with E-state index in [0.29, 0.717) is 17.9 Å². The molecule has 33 heavy (non-hydrogen) atoms. The number of amides is 2. The Kier molecular flexibility index (Phi) is 9.68. The number of carboxylic acids is 1. The summed E-state index contributed by atoms with van der Waals surface area (Å²) in [5, 5.41) is 15.7. The second-order valence-electron chi connectivity index (χ2n) is 7.23. The molecule has 0 heterocycles. The van der Waals surface area contributed by atoms with Gasteiger partial charge in [-0.15, -0.1) is 0 Å². The Balaban J connectivity index is 2.06. The number of carbonyl (C=O) groups excluding carboxylic acids is 2. The molecule has 9 nitrogen and oxygen atoms in total. The average Bonchev–Trinajstić information content (AvgIpc) is 2.76. The Bertz CT molecular complexity index is 1030. The van der Waals surface area contributed by atoms with Crippen molar-refractivity contribution in [3.63, 3.8) is 0 Å². The molecule has 3 N–H and O–H groups in total. The summed E-state index contributed by atoms with van der Waals surface area (Å²) in [4.78, 5) is 35.9. The van der Waals surface area contributed by atoms with E-state index in [1.54, 1.807) is 63.2 Å². The molecule has 0 fully saturated rings. The van der Waals surface area contributed by atoms with Crippen molar-refractivity contribution in [2.75, 3.05) is 13.2 Å². The third-order valence-corrected chi connectivity index (χ3v) is 4.69. The molecule has 0 saturated heterocycles. The summed E-state index contributed by atoms with van der Waals surface area (Å²) in [6, 6.07) is 10.5. The van der Waals surface area contributed by atoms with Gasteiger partial charge in [0.05, 0.1) is 23.4 Å². The summed E-state index contributed by atoms with van der Waals surface area (Å²) in [7, 11) is 0. The first-order chi connectivity index (χ1) is 15.7. The molecule has 0 spiro atoms. The number of carbonyl (C=O) groups is 3. The molecule has 1 unspecified atom stereocenters. The van der Waals surface area contributed by atoms with Crippen LogP contribution in [0.15, 0.2) is 47.6 Å². The zero-order chi connectivity index (χ0) is 24.4. The monoisotopic (exact) mass is 475 g/mol. The van der Waals surface area contributed by atoms with Gasteiger partial charge >= 0.3 is 5.97 Å². The fourth-order valence-electron chi connectivity index (χ4n) is 2.77. The van der Waals surface area contributed by atoms with E-state index in [1.807, 2.05) is 0 Å². The van der Waals surface area contributed by atoms with Gasteiger partial charge < -0.3 is 19.9 Å². The number of hydrazone groups is 1. The van der Waals surface area contributed by atoms with Gasteiger partial charge in [-0.25, -0.2) is 10.2 Å². The first kappa shape index (κ1) is 25.7. The number of nitrogens with one attached hydrogen (secondary N) is 2. The van der Waals surface area contributed by atoms with Crippen molar-refractivity contribution in [1.29, 1.82) is 0 Å². The largest absolute Gasteiger partial charge is 0.490 e. The number of carboxylic acid groups (broad SMARTS) is 1. The topological polar surface area (TPSA) is 126 Å². The quantitative estimate of drug-likeness (QED) is 0.338. The fraction of sp³-hybridized carbons (Fsp3) is 0.304. The summed E-state index contributed by atoms with van der Waals surface area (Å²) in [6.07, 6.45) is 1.40. The van der Waals surface area contributed by atoms with Crippen LogP contribution < -0.4 is 20.2 Å². The Hall–Kier alpha value is -3.59. The van der Waals surface area contributed by atoms with E-state index < -0.39 is 30.4 Å². The minimum atomic E-state index is -1.10. The molecular weight excluding hydrogens is 450 g/mol. The van der Waals surface area contributed by atoms with Gasteiger partial charge in [0, 0.05) is 0 Å². The summed E-state index contributed by atoms with van der Waals surface area (Å²) in [6.45, 7) is 5.23. The van der Waals surface area contributed by atoms with Crippen molar-refractivity contribution >= 4 is 35.6 Å². The van der Waals surface area contributed by atoms with E-state index in [1.165, 1.54) is 6.21 Å². The van der Waals surface area contributed by atoms with E-state index in [0.717, 1.165) is 0 Å². The lowest BCUT2D eigenvalue weighted by Gasteiger charge is -2.20. The molecule has 0 bridgehead atoms. The second-order valence-corrected chi connectivity index (χ2v) is 7.64. The maximum Gasteiger partial charge on any atom is 0.341 e. The highest BCUT2D eigenvalue weighted by atomic mass is 35.5. The van der Waals surface area contributed by atoms with Gasteiger partial charge in [0.2, 0.25) is 0 Å². The zero-order valence-electron chi connectivity index (χ0n) is 18.5. The van der Waals surface area contributed by atoms with Gasteiger partial charge in [-0.3, -0.25) is 9.59 Å². The number of halogens is 1. The van der Waals surface area contributed by atoms with Crippen molar-refractivity contribution in [3.05, 3.63) is 58.6 Å². The van der Waals surface area contributed by atoms with Gasteiger partial charge in [-0.2, -0.15) is 5.10 Å². The van der Waals surface area contributed by atoms with Crippen molar-refractivity contribution in [2.45, 2.75) is 26.8 Å². The number of hydrogen-bond donors (Lipinski definition) is 3. The van der Waals surface area contributed by atoms with Crippen molar-refractivity contribution in [2.24, 2.45) is 11.0 Å². The Morgan fingerprint density at radius 3 is 2.48 bits per heavy atom. The predicted octanol–water partition coefficient (Wildman–Crippen LogP) is 3.11. The van der Waals surface area contributed by atoms with E-state index in [-0.39, 0.29) is 22.3 Å². The molecule has 0 aromatic heterocycles. The summed E-state index contributed by atoms with van der Waals surface area (Å²) >= 11 is 6.06. The lowest BCUT2D eigenvalue weighted by atomic mass is 10.0. The summed E-state index contributed by atoms with van der Waals surface area (Å²) in [5.74, 6) is -1.64. The van der Waals surface area contributed by atoms with Gasteiger partial charge in [-0.05, 0) is 48.7 Å². The van der Waals surface area contributed by atoms with Crippen LogP contribution >= 0.6 is 11.6 Å². The molecule has 176 valence electrons. The number of ether oxygens (including phenoxy) is 2. The van der Waals surface area contributed by atoms with E-state index in [9.17, 15) is 14.4 Å². The van der Waals surface area contributed by atoms with Crippen molar-refractivity contribution in [1.82, 2.24) is 10.7 Å². The van der Waals surface area contributed by atoms with Gasteiger partial charge in [-0.1, -0.05) is 37.6 Å². The zero-order valence-corrected chi connectivity index (χ0v) is 19.3. The van der Waals surface area contributed by atoms with Gasteiger partial charge in [0.15, 0.2) is 18.1 Å². The average molecular weight is 476 g/mol. The van der Waals surface area contributed by atoms with Crippen LogP contribution in [-0.2, 0) is 9.59 Å². The van der Waals surface area contributed by atoms with Gasteiger partial charge in [0.25, 0.3) is 11.8 Å². The SMILES string of the molecule is CCOc1cc(/C=N/NC(=O)C(NC(=O)c2ccccc2Cl)C(C)C)ccc1OCC(=O)O. The number of nitrogens with zero attached hydrogens (tertiary/aromatic N) is 1. The highest BCUT2D eigenvalue weighted by Crippen LogP contribution is 2.28. The molecule has 1 atom stereocenters. The summed E-state index contributed by atoms with van der Waals surface area (Å²) in [5.41, 5.74) is 3.28. The first-order valence-corrected chi connectivity index (χ1v) is 10.6. The van der Waals surface area contributed by atoms with Crippen LogP contribution in [0.1, 0.15) is 36.7 Å². The third-order valence-electron chi connectivity index (χ3n) is 4.36. The normalized spacial score (nSPS) is 11.8. The van der Waals surface area contributed by atoms with Crippen LogP contribution in [0.4, 0.5) is 0 Å². The van der Waals surface area contributed by atoms with Gasteiger partial charge in [0.1, 0.15) is 6.04 Å². The van der Waals surface area contributed by atoms with Crippen LogP contribution in [0, 0.1) is 5.92 Å². The second kappa shape index (κ2) is 12.4. The maximum atomic E-state index is 12.6. The Labute approximate surface area is 196 Å². The Morgan fingerprint density at radius 2 is 1.85 bits per heavy atom. The van der Waals surface area contributed by atoms with Crippen LogP contribution in [0.2, 0.25) is 5.02 Å². The molecule has 2 amide bonds. The van der Waals surface area contributed by atoms with Crippen molar-refractivity contribution < 1.29 is 29.0 Å². The maximum absolute atomic E-state index is 12.6. The van der Waals surface area contributed by atoms with Crippen LogP contribution in [0.5, 0.6) is 11.5 Å². The molecule has 0 saturated carbocycles. The minimum absolute atomic E-state index is 0.207. The molecule has 0 aliphatic rings. The molecule has 10 heteroatoms. The van der Waals surface area contributed by atoms with Crippen molar-refractivity contribution in [3.8, 4) is 11.5 Å². The minimum Gasteiger partial charge on any atom is -0.490 e. The van der Waals surface area contributed by atoms with E-state index in [4.69, 9.17) is 26.2 Å². The Morgan fingerprint density at radius 1 is 1.12 bits per heavy atom. The number of hydrogen-bond acceptors (Lipinski definition) is 6. The molecule has 0 radical (unpaired) electrons. The van der Waals surface area contributed by atoms with Crippen LogP contribution in [-0.4, -0.2) is 48.4 Å². The third kappa shape index (κ3) is 7.80. The van der Waals surface area contributed by atoms with Crippen LogP contribution in [0.3, 0.4) is 0 Å². The molecule has 2 aromatic rings. The predicted molar refractivity (Wildman–Crippen MR) is 124 cm³/mol. The lowest BCUT2D eigenvalue weighted by Crippen LogP contribution is -2.48. The lowest BCUT2D eigenvalue weighted by molar-refractivity contribution is -0.139.